The van der Waals surface area contributed by atoms with Crippen molar-refractivity contribution in [1.29, 1.82) is 0 Å². The van der Waals surface area contributed by atoms with Gasteiger partial charge in [0.2, 0.25) is 0 Å². The summed E-state index contributed by atoms with van der Waals surface area (Å²) in [6, 6.07) is 1.24. The summed E-state index contributed by atoms with van der Waals surface area (Å²) < 4.78 is 5.27. The molecule has 13 heavy (non-hydrogen) atoms. The average molecular weight is 186 g/mol. The molecule has 0 aromatic heterocycles. The molecule has 0 radical (unpaired) electrons. The highest BCUT2D eigenvalue weighted by atomic mass is 16.5. The molecular weight excluding hydrogens is 164 g/mol. The Kier molecular flexibility index (Phi) is 4.16. The number of ether oxygens (including phenoxy) is 1. The molecule has 0 aliphatic carbocycles. The fourth-order valence-corrected chi connectivity index (χ4v) is 1.76. The minimum Gasteiger partial charge on any atom is -0.380 e. The van der Waals surface area contributed by atoms with Crippen LogP contribution in [-0.2, 0) is 4.74 Å². The van der Waals surface area contributed by atoms with Crippen LogP contribution in [-0.4, -0.2) is 49.8 Å². The van der Waals surface area contributed by atoms with Gasteiger partial charge >= 0.3 is 0 Å². The summed E-state index contributed by atoms with van der Waals surface area (Å²) in [5.74, 6) is 0. The van der Waals surface area contributed by atoms with E-state index in [1.807, 2.05) is 0 Å². The predicted molar refractivity (Wildman–Crippen MR) is 55.0 cm³/mol. The molecule has 0 aromatic carbocycles. The summed E-state index contributed by atoms with van der Waals surface area (Å²) in [4.78, 5) is 2.50. The van der Waals surface area contributed by atoms with Crippen molar-refractivity contribution < 1.29 is 4.74 Å². The summed E-state index contributed by atoms with van der Waals surface area (Å²) in [5.41, 5.74) is 0. The highest BCUT2D eigenvalue weighted by Crippen LogP contribution is 2.07. The van der Waals surface area contributed by atoms with Gasteiger partial charge < -0.3 is 10.1 Å². The fraction of sp³-hybridized carbons (Fsp3) is 1.00. The van der Waals surface area contributed by atoms with Crippen LogP contribution in [0.1, 0.15) is 20.8 Å². The van der Waals surface area contributed by atoms with Crippen LogP contribution in [0.2, 0.25) is 0 Å². The van der Waals surface area contributed by atoms with Gasteiger partial charge in [-0.1, -0.05) is 0 Å². The highest BCUT2D eigenvalue weighted by Gasteiger charge is 2.23. The highest BCUT2D eigenvalue weighted by molar-refractivity contribution is 4.82. The van der Waals surface area contributed by atoms with E-state index < -0.39 is 0 Å². The molecule has 1 rings (SSSR count). The van der Waals surface area contributed by atoms with Crippen LogP contribution in [0.25, 0.3) is 0 Å². The van der Waals surface area contributed by atoms with E-state index >= 15 is 0 Å². The van der Waals surface area contributed by atoms with E-state index in [2.05, 4.69) is 31.0 Å². The zero-order valence-electron chi connectivity index (χ0n) is 9.21. The Morgan fingerprint density at radius 2 is 2.23 bits per heavy atom. The number of nitrogens with zero attached hydrogens (tertiary/aromatic N) is 1. The van der Waals surface area contributed by atoms with Gasteiger partial charge in [0.1, 0.15) is 0 Å². The summed E-state index contributed by atoms with van der Waals surface area (Å²) in [7, 11) is 1.78. The number of piperazine rings is 1. The van der Waals surface area contributed by atoms with Crippen LogP contribution in [0.5, 0.6) is 0 Å². The molecule has 3 heteroatoms. The van der Waals surface area contributed by atoms with Gasteiger partial charge in [-0.05, 0) is 20.8 Å². The van der Waals surface area contributed by atoms with E-state index in [9.17, 15) is 0 Å². The van der Waals surface area contributed by atoms with E-state index in [4.69, 9.17) is 4.74 Å². The summed E-state index contributed by atoms with van der Waals surface area (Å²) in [5, 5.41) is 3.47. The Balaban J connectivity index is 2.37. The van der Waals surface area contributed by atoms with Gasteiger partial charge in [0.25, 0.3) is 0 Å². The smallest absolute Gasteiger partial charge is 0.0670 e. The second-order valence-electron chi connectivity index (χ2n) is 4.16. The standard InChI is InChI=1S/C10H22N2O/c1-8-6-12(7-10(3)13-4)9(2)5-11-8/h8-11H,5-7H2,1-4H3. The Labute approximate surface area is 81.4 Å². The molecular formula is C10H22N2O. The monoisotopic (exact) mass is 186 g/mol. The van der Waals surface area contributed by atoms with Crippen molar-refractivity contribution in [3.63, 3.8) is 0 Å². The Hall–Kier alpha value is -0.120. The summed E-state index contributed by atoms with van der Waals surface area (Å²) in [6.45, 7) is 9.90. The molecule has 0 bridgehead atoms. The van der Waals surface area contributed by atoms with Gasteiger partial charge in [-0.15, -0.1) is 0 Å². The number of rotatable bonds is 3. The maximum absolute atomic E-state index is 5.27. The minimum absolute atomic E-state index is 0.341. The molecule has 0 amide bonds. The first-order chi connectivity index (χ1) is 6.13. The summed E-state index contributed by atoms with van der Waals surface area (Å²) >= 11 is 0. The lowest BCUT2D eigenvalue weighted by Gasteiger charge is -2.38. The third-order valence-corrected chi connectivity index (χ3v) is 2.79. The minimum atomic E-state index is 0.341. The van der Waals surface area contributed by atoms with Gasteiger partial charge in [0.15, 0.2) is 0 Å². The third kappa shape index (κ3) is 3.25. The molecule has 78 valence electrons. The van der Waals surface area contributed by atoms with Crippen molar-refractivity contribution in [2.45, 2.75) is 39.0 Å². The normalized spacial score (nSPS) is 33.2. The first kappa shape index (κ1) is 11.0. The third-order valence-electron chi connectivity index (χ3n) is 2.79. The lowest BCUT2D eigenvalue weighted by Crippen LogP contribution is -2.55. The summed E-state index contributed by atoms with van der Waals surface area (Å²) in [6.07, 6.45) is 0.341. The van der Waals surface area contributed by atoms with Gasteiger partial charge in [0.05, 0.1) is 6.10 Å². The van der Waals surface area contributed by atoms with Crippen molar-refractivity contribution in [3.8, 4) is 0 Å². The second-order valence-corrected chi connectivity index (χ2v) is 4.16. The lowest BCUT2D eigenvalue weighted by molar-refractivity contribution is 0.0472. The SMILES string of the molecule is COC(C)CN1CC(C)NCC1C. The Morgan fingerprint density at radius 1 is 1.54 bits per heavy atom. The molecule has 3 nitrogen and oxygen atoms in total. The van der Waals surface area contributed by atoms with Crippen LogP contribution in [0, 0.1) is 0 Å². The van der Waals surface area contributed by atoms with Crippen molar-refractivity contribution in [3.05, 3.63) is 0 Å². The number of methoxy groups -OCH3 is 1. The molecule has 0 saturated carbocycles. The van der Waals surface area contributed by atoms with E-state index in [0.29, 0.717) is 18.2 Å². The maximum atomic E-state index is 5.27. The van der Waals surface area contributed by atoms with Crippen molar-refractivity contribution in [1.82, 2.24) is 10.2 Å². The van der Waals surface area contributed by atoms with Crippen LogP contribution in [0.15, 0.2) is 0 Å². The van der Waals surface area contributed by atoms with Gasteiger partial charge in [-0.2, -0.15) is 0 Å². The average Bonchev–Trinajstić information content (AvgIpc) is 2.11. The predicted octanol–water partition coefficient (Wildman–Crippen LogP) is 0.703. The Bertz CT molecular complexity index is 152. The first-order valence-electron chi connectivity index (χ1n) is 5.13. The fourth-order valence-electron chi connectivity index (χ4n) is 1.76. The molecule has 1 N–H and O–H groups in total. The first-order valence-corrected chi connectivity index (χ1v) is 5.13. The van der Waals surface area contributed by atoms with E-state index in [0.717, 1.165) is 19.6 Å². The van der Waals surface area contributed by atoms with Gasteiger partial charge in [-0.3, -0.25) is 4.90 Å². The van der Waals surface area contributed by atoms with E-state index in [1.54, 1.807) is 7.11 Å². The van der Waals surface area contributed by atoms with Crippen molar-refractivity contribution in [2.24, 2.45) is 0 Å². The van der Waals surface area contributed by atoms with Crippen molar-refractivity contribution >= 4 is 0 Å². The molecule has 1 aliphatic rings. The number of hydrogen-bond donors (Lipinski definition) is 1. The van der Waals surface area contributed by atoms with Crippen LogP contribution >= 0.6 is 0 Å². The topological polar surface area (TPSA) is 24.5 Å². The van der Waals surface area contributed by atoms with E-state index in [-0.39, 0.29) is 0 Å². The number of nitrogens with one attached hydrogen (secondary N) is 1. The molecule has 0 spiro atoms. The van der Waals surface area contributed by atoms with Gasteiger partial charge in [0, 0.05) is 38.8 Å². The quantitative estimate of drug-likeness (QED) is 0.702. The molecule has 1 heterocycles. The lowest BCUT2D eigenvalue weighted by atomic mass is 10.1. The zero-order chi connectivity index (χ0) is 9.84. The molecule has 0 aromatic rings. The molecule has 1 aliphatic heterocycles. The second kappa shape index (κ2) is 4.94. The number of hydrogen-bond acceptors (Lipinski definition) is 3. The van der Waals surface area contributed by atoms with Crippen LogP contribution < -0.4 is 5.32 Å². The van der Waals surface area contributed by atoms with Gasteiger partial charge in [-0.25, -0.2) is 0 Å². The molecule has 1 saturated heterocycles. The maximum Gasteiger partial charge on any atom is 0.0670 e. The van der Waals surface area contributed by atoms with Crippen LogP contribution in [0.4, 0.5) is 0 Å². The zero-order valence-corrected chi connectivity index (χ0v) is 9.21. The van der Waals surface area contributed by atoms with E-state index in [1.165, 1.54) is 0 Å². The molecule has 3 atom stereocenters. The Morgan fingerprint density at radius 3 is 2.85 bits per heavy atom. The molecule has 1 fully saturated rings. The van der Waals surface area contributed by atoms with Crippen molar-refractivity contribution in [2.75, 3.05) is 26.7 Å². The largest absolute Gasteiger partial charge is 0.380 e. The molecule has 3 unspecified atom stereocenters. The van der Waals surface area contributed by atoms with Crippen LogP contribution in [0.3, 0.4) is 0 Å².